The Morgan fingerprint density at radius 3 is 2.53 bits per heavy atom. The SMILES string of the molecule is C=C(N)/C=C\C(=C(/C)CO)c1ccc(N)cc1CO. The average molecular weight is 260 g/mol. The van der Waals surface area contributed by atoms with Gasteiger partial charge in [0.1, 0.15) is 0 Å². The van der Waals surface area contributed by atoms with Crippen molar-refractivity contribution in [1.29, 1.82) is 0 Å². The Balaban J connectivity index is 3.38. The third-order valence-corrected chi connectivity index (χ3v) is 2.75. The molecule has 0 bridgehead atoms. The molecule has 0 radical (unpaired) electrons. The first-order valence-corrected chi connectivity index (χ1v) is 5.92. The second kappa shape index (κ2) is 6.78. The van der Waals surface area contributed by atoms with Crippen molar-refractivity contribution in [2.24, 2.45) is 5.73 Å². The van der Waals surface area contributed by atoms with Crippen molar-refractivity contribution in [3.05, 3.63) is 59.3 Å². The molecule has 0 aliphatic carbocycles. The third-order valence-electron chi connectivity index (χ3n) is 2.75. The number of aliphatic hydroxyl groups excluding tert-OH is 2. The van der Waals surface area contributed by atoms with Gasteiger partial charge in [-0.3, -0.25) is 0 Å². The summed E-state index contributed by atoms with van der Waals surface area (Å²) in [7, 11) is 0. The zero-order chi connectivity index (χ0) is 14.4. The lowest BCUT2D eigenvalue weighted by Crippen LogP contribution is -1.99. The van der Waals surface area contributed by atoms with Crippen molar-refractivity contribution in [3.63, 3.8) is 0 Å². The Bertz CT molecular complexity index is 531. The van der Waals surface area contributed by atoms with E-state index in [4.69, 9.17) is 11.5 Å². The van der Waals surface area contributed by atoms with Crippen LogP contribution in [0.4, 0.5) is 5.69 Å². The van der Waals surface area contributed by atoms with Gasteiger partial charge in [0, 0.05) is 11.4 Å². The van der Waals surface area contributed by atoms with Gasteiger partial charge in [0.25, 0.3) is 0 Å². The van der Waals surface area contributed by atoms with Gasteiger partial charge in [-0.1, -0.05) is 18.7 Å². The van der Waals surface area contributed by atoms with E-state index < -0.39 is 0 Å². The Kier molecular flexibility index (Phi) is 5.36. The molecule has 0 aliphatic rings. The summed E-state index contributed by atoms with van der Waals surface area (Å²) in [6.45, 7) is 5.21. The molecule has 0 unspecified atom stereocenters. The summed E-state index contributed by atoms with van der Waals surface area (Å²) in [5.41, 5.74) is 15.3. The van der Waals surface area contributed by atoms with E-state index in [0.717, 1.165) is 16.7 Å². The van der Waals surface area contributed by atoms with Crippen LogP contribution in [0.5, 0.6) is 0 Å². The number of hydrogen-bond acceptors (Lipinski definition) is 4. The van der Waals surface area contributed by atoms with Crippen LogP contribution in [0.3, 0.4) is 0 Å². The van der Waals surface area contributed by atoms with Gasteiger partial charge in [-0.2, -0.15) is 0 Å². The van der Waals surface area contributed by atoms with Crippen LogP contribution >= 0.6 is 0 Å². The lowest BCUT2D eigenvalue weighted by atomic mass is 9.95. The molecule has 19 heavy (non-hydrogen) atoms. The zero-order valence-corrected chi connectivity index (χ0v) is 11.1. The molecule has 1 aromatic rings. The first-order chi connectivity index (χ1) is 8.99. The van der Waals surface area contributed by atoms with E-state index in [1.165, 1.54) is 0 Å². The average Bonchev–Trinajstić information content (AvgIpc) is 2.39. The van der Waals surface area contributed by atoms with Crippen LogP contribution in [0.2, 0.25) is 0 Å². The summed E-state index contributed by atoms with van der Waals surface area (Å²) in [5.74, 6) is 0. The number of allylic oxidation sites excluding steroid dienone is 3. The molecule has 0 fully saturated rings. The minimum Gasteiger partial charge on any atom is -0.399 e. The van der Waals surface area contributed by atoms with Crippen LogP contribution in [0.15, 0.2) is 48.2 Å². The molecular weight excluding hydrogens is 240 g/mol. The predicted molar refractivity (Wildman–Crippen MR) is 78.9 cm³/mol. The van der Waals surface area contributed by atoms with Gasteiger partial charge in [-0.25, -0.2) is 0 Å². The van der Waals surface area contributed by atoms with E-state index in [0.29, 0.717) is 16.9 Å². The van der Waals surface area contributed by atoms with Crippen LogP contribution in [-0.2, 0) is 6.61 Å². The molecule has 0 heterocycles. The molecule has 0 saturated heterocycles. The Labute approximate surface area is 113 Å². The summed E-state index contributed by atoms with van der Waals surface area (Å²) in [4.78, 5) is 0. The number of anilines is 1. The summed E-state index contributed by atoms with van der Waals surface area (Å²) < 4.78 is 0. The highest BCUT2D eigenvalue weighted by Gasteiger charge is 2.08. The van der Waals surface area contributed by atoms with E-state index in [9.17, 15) is 10.2 Å². The number of aliphatic hydroxyl groups is 2. The molecule has 0 aliphatic heterocycles. The fraction of sp³-hybridized carbons (Fsp3) is 0.200. The van der Waals surface area contributed by atoms with E-state index in [2.05, 4.69) is 6.58 Å². The molecule has 4 nitrogen and oxygen atoms in total. The van der Waals surface area contributed by atoms with Crippen LogP contribution in [0, 0.1) is 0 Å². The van der Waals surface area contributed by atoms with Crippen molar-refractivity contribution in [2.45, 2.75) is 13.5 Å². The van der Waals surface area contributed by atoms with Crippen LogP contribution < -0.4 is 11.5 Å². The van der Waals surface area contributed by atoms with E-state index in [-0.39, 0.29) is 13.2 Å². The number of nitrogens with two attached hydrogens (primary N) is 2. The summed E-state index contributed by atoms with van der Waals surface area (Å²) in [5, 5.41) is 18.7. The predicted octanol–water partition coefficient (Wildman–Crippen LogP) is 1.56. The Morgan fingerprint density at radius 2 is 2.00 bits per heavy atom. The lowest BCUT2D eigenvalue weighted by Gasteiger charge is -2.12. The molecule has 6 N–H and O–H groups in total. The van der Waals surface area contributed by atoms with Crippen molar-refractivity contribution >= 4 is 11.3 Å². The summed E-state index contributed by atoms with van der Waals surface area (Å²) in [6.07, 6.45) is 3.44. The number of hydrogen-bond donors (Lipinski definition) is 4. The number of rotatable bonds is 5. The summed E-state index contributed by atoms with van der Waals surface area (Å²) in [6, 6.07) is 5.29. The topological polar surface area (TPSA) is 92.5 Å². The monoisotopic (exact) mass is 260 g/mol. The van der Waals surface area contributed by atoms with Crippen molar-refractivity contribution < 1.29 is 10.2 Å². The summed E-state index contributed by atoms with van der Waals surface area (Å²) >= 11 is 0. The Hall–Kier alpha value is -2.04. The van der Waals surface area contributed by atoms with Crippen LogP contribution in [0.25, 0.3) is 5.57 Å². The fourth-order valence-corrected chi connectivity index (χ4v) is 1.74. The highest BCUT2D eigenvalue weighted by molar-refractivity contribution is 5.79. The van der Waals surface area contributed by atoms with Crippen molar-refractivity contribution in [2.75, 3.05) is 12.3 Å². The maximum Gasteiger partial charge on any atom is 0.0688 e. The van der Waals surface area contributed by atoms with Gasteiger partial charge in [-0.05, 0) is 47.4 Å². The molecule has 0 saturated carbocycles. The van der Waals surface area contributed by atoms with E-state index in [1.54, 1.807) is 24.3 Å². The third kappa shape index (κ3) is 3.98. The van der Waals surface area contributed by atoms with Gasteiger partial charge in [-0.15, -0.1) is 0 Å². The molecular formula is C15H20N2O2. The molecule has 0 amide bonds. The number of benzene rings is 1. The van der Waals surface area contributed by atoms with Gasteiger partial charge in [0.2, 0.25) is 0 Å². The van der Waals surface area contributed by atoms with E-state index >= 15 is 0 Å². The highest BCUT2D eigenvalue weighted by Crippen LogP contribution is 2.26. The van der Waals surface area contributed by atoms with Crippen molar-refractivity contribution in [3.8, 4) is 0 Å². The van der Waals surface area contributed by atoms with Gasteiger partial charge >= 0.3 is 0 Å². The second-order valence-electron chi connectivity index (χ2n) is 4.34. The lowest BCUT2D eigenvalue weighted by molar-refractivity contribution is 0.281. The quantitative estimate of drug-likeness (QED) is 0.477. The fourth-order valence-electron chi connectivity index (χ4n) is 1.74. The largest absolute Gasteiger partial charge is 0.399 e. The zero-order valence-electron chi connectivity index (χ0n) is 11.1. The minimum absolute atomic E-state index is 0.0774. The van der Waals surface area contributed by atoms with E-state index in [1.807, 2.05) is 13.0 Å². The smallest absolute Gasteiger partial charge is 0.0688 e. The first kappa shape index (κ1) is 15.0. The molecule has 0 spiro atoms. The molecule has 0 atom stereocenters. The first-order valence-electron chi connectivity index (χ1n) is 5.92. The second-order valence-corrected chi connectivity index (χ2v) is 4.34. The standard InChI is InChI=1S/C15H20N2O2/c1-10(8-18)14(5-3-11(2)16)15-6-4-13(17)7-12(15)9-19/h3-7,18-19H,2,8-9,16-17H2,1H3/b5-3-,14-10-. The molecule has 1 aromatic carbocycles. The minimum atomic E-state index is -0.125. The molecule has 102 valence electrons. The molecule has 1 rings (SSSR count). The highest BCUT2D eigenvalue weighted by atomic mass is 16.3. The van der Waals surface area contributed by atoms with Crippen LogP contribution in [-0.4, -0.2) is 16.8 Å². The number of nitrogen functional groups attached to an aromatic ring is 1. The van der Waals surface area contributed by atoms with Crippen molar-refractivity contribution in [1.82, 2.24) is 0 Å². The molecule has 4 heteroatoms. The van der Waals surface area contributed by atoms with Crippen LogP contribution in [0.1, 0.15) is 18.1 Å². The van der Waals surface area contributed by atoms with Gasteiger partial charge < -0.3 is 21.7 Å². The van der Waals surface area contributed by atoms with Gasteiger partial charge in [0.15, 0.2) is 0 Å². The van der Waals surface area contributed by atoms with Gasteiger partial charge in [0.05, 0.1) is 13.2 Å². The normalized spacial score (nSPS) is 12.6. The maximum atomic E-state index is 9.42. The Morgan fingerprint density at radius 1 is 1.32 bits per heavy atom. The maximum absolute atomic E-state index is 9.42. The molecule has 0 aromatic heterocycles.